The van der Waals surface area contributed by atoms with E-state index in [0.29, 0.717) is 18.0 Å². The molecule has 3 aromatic carbocycles. The molecule has 37 heavy (non-hydrogen) atoms. The summed E-state index contributed by atoms with van der Waals surface area (Å²) in [5.41, 5.74) is 4.07. The van der Waals surface area contributed by atoms with Gasteiger partial charge in [0.25, 0.3) is 10.0 Å². The van der Waals surface area contributed by atoms with E-state index in [-0.39, 0.29) is 23.4 Å². The highest BCUT2D eigenvalue weighted by molar-refractivity contribution is 7.98. The van der Waals surface area contributed by atoms with Crippen LogP contribution in [0.5, 0.6) is 5.75 Å². The minimum absolute atomic E-state index is 0.118. The third-order valence-corrected chi connectivity index (χ3v) is 9.14. The van der Waals surface area contributed by atoms with Gasteiger partial charge in [-0.1, -0.05) is 30.3 Å². The molecule has 0 aromatic heterocycles. The van der Waals surface area contributed by atoms with E-state index in [4.69, 9.17) is 4.74 Å². The van der Waals surface area contributed by atoms with Crippen LogP contribution in [0.25, 0.3) is 0 Å². The first-order valence-electron chi connectivity index (χ1n) is 12.6. The zero-order valence-corrected chi connectivity index (χ0v) is 23.2. The summed E-state index contributed by atoms with van der Waals surface area (Å²) in [4.78, 5) is 14.4. The summed E-state index contributed by atoms with van der Waals surface area (Å²) in [5, 5.41) is 3.01. The van der Waals surface area contributed by atoms with Gasteiger partial charge in [0.1, 0.15) is 12.3 Å². The zero-order valence-electron chi connectivity index (χ0n) is 21.6. The predicted molar refractivity (Wildman–Crippen MR) is 150 cm³/mol. The number of nitrogens with zero attached hydrogens (tertiary/aromatic N) is 1. The van der Waals surface area contributed by atoms with Gasteiger partial charge >= 0.3 is 0 Å². The van der Waals surface area contributed by atoms with Crippen molar-refractivity contribution >= 4 is 33.4 Å². The van der Waals surface area contributed by atoms with E-state index in [0.717, 1.165) is 27.6 Å². The molecule has 8 heteroatoms. The number of ether oxygens (including phenoxy) is 1. The Kier molecular flexibility index (Phi) is 8.82. The Bertz CT molecular complexity index is 1340. The minimum Gasteiger partial charge on any atom is -0.492 e. The zero-order chi connectivity index (χ0) is 26.4. The maximum absolute atomic E-state index is 13.8. The topological polar surface area (TPSA) is 75.7 Å². The number of amides is 1. The number of rotatable bonds is 10. The van der Waals surface area contributed by atoms with Gasteiger partial charge in [-0.05, 0) is 98.9 Å². The van der Waals surface area contributed by atoms with E-state index in [1.165, 1.54) is 35.7 Å². The number of sulfonamides is 1. The van der Waals surface area contributed by atoms with E-state index in [9.17, 15) is 13.2 Å². The van der Waals surface area contributed by atoms with Crippen molar-refractivity contribution in [3.8, 4) is 5.75 Å². The number of hydrogen-bond donors (Lipinski definition) is 1. The Balaban J connectivity index is 1.62. The molecular weight excluding hydrogens is 504 g/mol. The molecule has 0 spiro atoms. The van der Waals surface area contributed by atoms with Crippen LogP contribution in [0.3, 0.4) is 0 Å². The largest absolute Gasteiger partial charge is 0.492 e. The normalized spacial score (nSPS) is 13.9. The molecule has 1 aliphatic rings. The highest BCUT2D eigenvalue weighted by Gasteiger charge is 2.30. The summed E-state index contributed by atoms with van der Waals surface area (Å²) in [7, 11) is -4.04. The molecule has 3 aromatic rings. The lowest BCUT2D eigenvalue weighted by Gasteiger charge is -2.27. The summed E-state index contributed by atoms with van der Waals surface area (Å²) in [6.45, 7) is 3.77. The number of thioether (sulfide) groups is 1. The molecule has 0 saturated carbocycles. The Labute approximate surface area is 224 Å². The number of anilines is 1. The summed E-state index contributed by atoms with van der Waals surface area (Å²) in [5.74, 6) is 0.0191. The van der Waals surface area contributed by atoms with Gasteiger partial charge in [-0.3, -0.25) is 9.10 Å². The number of fused-ring (bicyclic) bond motifs is 1. The number of benzene rings is 3. The molecule has 196 valence electrons. The SMILES string of the molecule is CCOc1ccccc1N(CC(=O)N[C@@H](C)c1ccc2c(c1)CCCC2)S(=O)(=O)c1ccc(SC)cc1. The first kappa shape index (κ1) is 27.1. The second kappa shape index (κ2) is 12.0. The molecule has 0 aliphatic heterocycles. The summed E-state index contributed by atoms with van der Waals surface area (Å²) in [6.07, 6.45) is 6.48. The van der Waals surface area contributed by atoms with Crippen molar-refractivity contribution in [3.63, 3.8) is 0 Å². The van der Waals surface area contributed by atoms with Gasteiger partial charge in [0.05, 0.1) is 23.2 Å². The molecule has 0 unspecified atom stereocenters. The van der Waals surface area contributed by atoms with Crippen molar-refractivity contribution in [1.29, 1.82) is 0 Å². The summed E-state index contributed by atoms with van der Waals surface area (Å²) in [6, 6.07) is 19.7. The first-order chi connectivity index (χ1) is 17.8. The molecule has 6 nitrogen and oxygen atoms in total. The van der Waals surface area contributed by atoms with Crippen LogP contribution in [0, 0.1) is 0 Å². The smallest absolute Gasteiger partial charge is 0.264 e. The van der Waals surface area contributed by atoms with Crippen molar-refractivity contribution in [3.05, 3.63) is 83.4 Å². The second-order valence-corrected chi connectivity index (χ2v) is 11.9. The number of para-hydroxylation sites is 2. The van der Waals surface area contributed by atoms with Crippen LogP contribution in [0.1, 0.15) is 49.4 Å². The fraction of sp³-hybridized carbons (Fsp3) is 0.345. The van der Waals surface area contributed by atoms with Crippen molar-refractivity contribution in [2.24, 2.45) is 0 Å². The van der Waals surface area contributed by atoms with E-state index < -0.39 is 10.0 Å². The van der Waals surface area contributed by atoms with Gasteiger partial charge in [0.15, 0.2) is 0 Å². The Hall–Kier alpha value is -2.97. The second-order valence-electron chi connectivity index (χ2n) is 9.11. The average Bonchev–Trinajstić information content (AvgIpc) is 2.92. The highest BCUT2D eigenvalue weighted by atomic mass is 32.2. The van der Waals surface area contributed by atoms with Crippen molar-refractivity contribution in [1.82, 2.24) is 5.32 Å². The average molecular weight is 539 g/mol. The van der Waals surface area contributed by atoms with Crippen molar-refractivity contribution < 1.29 is 17.9 Å². The molecule has 1 atom stereocenters. The molecular formula is C29H34N2O4S2. The molecule has 0 heterocycles. The van der Waals surface area contributed by atoms with Crippen molar-refractivity contribution in [2.45, 2.75) is 55.4 Å². The monoisotopic (exact) mass is 538 g/mol. The standard InChI is InChI=1S/C29H34N2O4S2/c1-4-35-28-12-8-7-11-27(28)31(37(33,34)26-17-15-25(36-3)16-18-26)20-29(32)30-21(2)23-14-13-22-9-5-6-10-24(22)19-23/h7-8,11-19,21H,4-6,9-10,20H2,1-3H3,(H,30,32)/t21-/m0/s1. The molecule has 1 N–H and O–H groups in total. The Morgan fingerprint density at radius 3 is 2.43 bits per heavy atom. The number of carbonyl (C=O) groups is 1. The van der Waals surface area contributed by atoms with Crippen molar-refractivity contribution in [2.75, 3.05) is 23.7 Å². The third-order valence-electron chi connectivity index (χ3n) is 6.62. The molecule has 0 radical (unpaired) electrons. The van der Waals surface area contributed by atoms with Crippen LogP contribution in [0.2, 0.25) is 0 Å². The molecule has 1 amide bonds. The Morgan fingerprint density at radius 1 is 1.03 bits per heavy atom. The van der Waals surface area contributed by atoms with E-state index in [1.54, 1.807) is 48.5 Å². The maximum Gasteiger partial charge on any atom is 0.264 e. The molecule has 4 rings (SSSR count). The molecule has 1 aliphatic carbocycles. The van der Waals surface area contributed by atoms with Crippen LogP contribution < -0.4 is 14.4 Å². The lowest BCUT2D eigenvalue weighted by molar-refractivity contribution is -0.120. The van der Waals surface area contributed by atoms with Gasteiger partial charge in [-0.25, -0.2) is 8.42 Å². The number of carbonyl (C=O) groups excluding carboxylic acids is 1. The number of nitrogens with one attached hydrogen (secondary N) is 1. The Morgan fingerprint density at radius 2 is 1.73 bits per heavy atom. The van der Waals surface area contributed by atoms with Gasteiger partial charge in [-0.15, -0.1) is 11.8 Å². The number of hydrogen-bond acceptors (Lipinski definition) is 5. The minimum atomic E-state index is -4.04. The van der Waals surface area contributed by atoms with Crippen LogP contribution in [-0.2, 0) is 27.7 Å². The van der Waals surface area contributed by atoms with Crippen LogP contribution in [-0.4, -0.2) is 33.7 Å². The van der Waals surface area contributed by atoms with Gasteiger partial charge < -0.3 is 10.1 Å². The lowest BCUT2D eigenvalue weighted by atomic mass is 9.89. The maximum atomic E-state index is 13.8. The van der Waals surface area contributed by atoms with Gasteiger partial charge in [0.2, 0.25) is 5.91 Å². The molecule has 0 fully saturated rings. The molecule has 0 bridgehead atoms. The van der Waals surface area contributed by atoms with E-state index in [2.05, 4.69) is 23.5 Å². The highest BCUT2D eigenvalue weighted by Crippen LogP contribution is 2.33. The summed E-state index contributed by atoms with van der Waals surface area (Å²) >= 11 is 1.53. The van der Waals surface area contributed by atoms with Gasteiger partial charge in [-0.2, -0.15) is 0 Å². The van der Waals surface area contributed by atoms with E-state index in [1.807, 2.05) is 20.1 Å². The van der Waals surface area contributed by atoms with Gasteiger partial charge in [0, 0.05) is 4.90 Å². The lowest BCUT2D eigenvalue weighted by Crippen LogP contribution is -2.41. The van der Waals surface area contributed by atoms with Crippen LogP contribution in [0.4, 0.5) is 5.69 Å². The summed E-state index contributed by atoms with van der Waals surface area (Å²) < 4.78 is 34.5. The van der Waals surface area contributed by atoms with Crippen LogP contribution in [0.15, 0.2) is 76.5 Å². The fourth-order valence-electron chi connectivity index (χ4n) is 4.64. The van der Waals surface area contributed by atoms with Crippen LogP contribution >= 0.6 is 11.8 Å². The third kappa shape index (κ3) is 6.30. The number of aryl methyl sites for hydroxylation is 2. The predicted octanol–water partition coefficient (Wildman–Crippen LogP) is 5.76. The molecule has 0 saturated heterocycles. The van der Waals surface area contributed by atoms with E-state index >= 15 is 0 Å². The fourth-order valence-corrected chi connectivity index (χ4v) is 6.48. The first-order valence-corrected chi connectivity index (χ1v) is 15.3. The quantitative estimate of drug-likeness (QED) is 0.332.